The molecule has 3 nitrogen and oxygen atoms in total. The number of hydrogen-bond acceptors (Lipinski definition) is 3. The zero-order chi connectivity index (χ0) is 16.4. The Morgan fingerprint density at radius 3 is 2.32 bits per heavy atom. The van der Waals surface area contributed by atoms with Crippen LogP contribution in [-0.4, -0.2) is 28.3 Å². The van der Waals surface area contributed by atoms with E-state index in [9.17, 15) is 8.42 Å². The van der Waals surface area contributed by atoms with Gasteiger partial charge in [0.1, 0.15) is 0 Å². The third-order valence-corrected chi connectivity index (χ3v) is 8.00. The molecule has 2 atom stereocenters. The fourth-order valence-corrected chi connectivity index (χ4v) is 7.19. The zero-order valence-electron chi connectivity index (χ0n) is 14.1. The Labute approximate surface area is 136 Å². The Balaban J connectivity index is 1.89. The van der Waals surface area contributed by atoms with Crippen LogP contribution in [0.15, 0.2) is 30.3 Å². The predicted molar refractivity (Wildman–Crippen MR) is 94.4 cm³/mol. The van der Waals surface area contributed by atoms with Crippen LogP contribution in [0.4, 0.5) is 0 Å². The van der Waals surface area contributed by atoms with Crippen LogP contribution in [0.5, 0.6) is 0 Å². The van der Waals surface area contributed by atoms with E-state index in [4.69, 9.17) is 4.18 Å². The summed E-state index contributed by atoms with van der Waals surface area (Å²) in [6.07, 6.45) is 6.11. The van der Waals surface area contributed by atoms with E-state index in [0.717, 1.165) is 32.1 Å². The molecular weight excluding hydrogens is 312 g/mol. The van der Waals surface area contributed by atoms with Gasteiger partial charge in [-0.25, -0.2) is 0 Å². The van der Waals surface area contributed by atoms with Crippen molar-refractivity contribution in [1.82, 2.24) is 0 Å². The van der Waals surface area contributed by atoms with Gasteiger partial charge in [0.15, 0.2) is 0 Å². The highest BCUT2D eigenvalue weighted by Gasteiger charge is 2.61. The lowest BCUT2D eigenvalue weighted by molar-refractivity contribution is 0.173. The first kappa shape index (κ1) is 17.7. The Hall–Kier alpha value is -0.653. The third kappa shape index (κ3) is 4.93. The SMILES string of the molecule is C[Si](C)(C)C1CC1(CCCCc1ccccc1)OS(C)(=O)=O. The average molecular weight is 341 g/mol. The van der Waals surface area contributed by atoms with Gasteiger partial charge >= 0.3 is 0 Å². The second-order valence-corrected chi connectivity index (χ2v) is 14.7. The van der Waals surface area contributed by atoms with Crippen molar-refractivity contribution in [2.24, 2.45) is 0 Å². The number of aryl methyl sites for hydroxylation is 1. The van der Waals surface area contributed by atoms with Crippen LogP contribution in [-0.2, 0) is 20.7 Å². The first-order chi connectivity index (χ1) is 10.1. The van der Waals surface area contributed by atoms with Crippen LogP contribution < -0.4 is 0 Å². The summed E-state index contributed by atoms with van der Waals surface area (Å²) in [7, 11) is -4.75. The normalized spacial score (nSPS) is 25.2. The second-order valence-electron chi connectivity index (χ2n) is 7.67. The highest BCUT2D eigenvalue weighted by molar-refractivity contribution is 7.86. The van der Waals surface area contributed by atoms with Gasteiger partial charge in [-0.2, -0.15) is 8.42 Å². The van der Waals surface area contributed by atoms with E-state index in [1.807, 2.05) is 6.07 Å². The first-order valence-electron chi connectivity index (χ1n) is 8.07. The van der Waals surface area contributed by atoms with Crippen LogP contribution >= 0.6 is 0 Å². The van der Waals surface area contributed by atoms with Crippen molar-refractivity contribution < 1.29 is 12.6 Å². The molecule has 0 saturated heterocycles. The minimum Gasteiger partial charge on any atom is -0.264 e. The number of benzene rings is 1. The number of rotatable bonds is 8. The average Bonchev–Trinajstić information content (AvgIpc) is 3.08. The molecular formula is C17H28O3SSi. The summed E-state index contributed by atoms with van der Waals surface area (Å²) < 4.78 is 28.7. The van der Waals surface area contributed by atoms with Crippen molar-refractivity contribution >= 4 is 18.2 Å². The molecule has 1 saturated carbocycles. The summed E-state index contributed by atoms with van der Waals surface area (Å²) in [5.41, 5.74) is 1.42. The molecule has 5 heteroatoms. The van der Waals surface area contributed by atoms with Gasteiger partial charge in [0, 0.05) is 0 Å². The smallest absolute Gasteiger partial charge is 0.264 e. The quantitative estimate of drug-likeness (QED) is 0.404. The summed E-state index contributed by atoms with van der Waals surface area (Å²) in [6, 6.07) is 10.4. The summed E-state index contributed by atoms with van der Waals surface area (Å²) in [5.74, 6) is 0. The monoisotopic (exact) mass is 340 g/mol. The Morgan fingerprint density at radius 1 is 1.18 bits per heavy atom. The van der Waals surface area contributed by atoms with E-state index in [-0.39, 0.29) is 0 Å². The van der Waals surface area contributed by atoms with Crippen LogP contribution in [0.1, 0.15) is 31.2 Å². The van der Waals surface area contributed by atoms with Crippen molar-refractivity contribution in [1.29, 1.82) is 0 Å². The highest BCUT2D eigenvalue weighted by Crippen LogP contribution is 2.61. The Bertz CT molecular complexity index is 592. The standard InChI is InChI=1S/C17H28O3SSi/c1-21(18,19)20-17(14-16(17)22(2,3)4)13-9-8-12-15-10-6-5-7-11-15/h5-7,10-11,16H,8-9,12-14H2,1-4H3. The molecule has 0 amide bonds. The molecule has 1 fully saturated rings. The zero-order valence-corrected chi connectivity index (χ0v) is 15.9. The largest absolute Gasteiger partial charge is 0.264 e. The molecule has 22 heavy (non-hydrogen) atoms. The third-order valence-electron chi connectivity index (χ3n) is 4.55. The van der Waals surface area contributed by atoms with Crippen molar-refractivity contribution in [3.8, 4) is 0 Å². The maximum absolute atomic E-state index is 11.6. The Kier molecular flexibility index (Phi) is 5.19. The maximum atomic E-state index is 11.6. The van der Waals surface area contributed by atoms with Crippen molar-refractivity contribution in [2.45, 2.75) is 62.9 Å². The van der Waals surface area contributed by atoms with Gasteiger partial charge in [-0.15, -0.1) is 0 Å². The van der Waals surface area contributed by atoms with E-state index in [1.165, 1.54) is 11.8 Å². The summed E-state index contributed by atoms with van der Waals surface area (Å²) in [6.45, 7) is 6.90. The molecule has 0 spiro atoms. The van der Waals surface area contributed by atoms with Gasteiger partial charge in [-0.05, 0) is 36.8 Å². The fourth-order valence-electron chi connectivity index (χ4n) is 3.49. The predicted octanol–water partition coefficient (Wildman–Crippen LogP) is 4.23. The van der Waals surface area contributed by atoms with E-state index in [1.54, 1.807) is 0 Å². The molecule has 1 aromatic carbocycles. The van der Waals surface area contributed by atoms with Crippen molar-refractivity contribution in [2.75, 3.05) is 6.26 Å². The van der Waals surface area contributed by atoms with Crippen LogP contribution in [0, 0.1) is 0 Å². The lowest BCUT2D eigenvalue weighted by atomic mass is 10.0. The molecule has 0 radical (unpaired) electrons. The number of unbranched alkanes of at least 4 members (excludes halogenated alkanes) is 1. The van der Waals surface area contributed by atoms with Crippen molar-refractivity contribution in [3.05, 3.63) is 35.9 Å². The molecule has 1 aromatic rings. The molecule has 0 heterocycles. The lowest BCUT2D eigenvalue weighted by Crippen LogP contribution is -2.30. The van der Waals surface area contributed by atoms with Gasteiger partial charge < -0.3 is 0 Å². The van der Waals surface area contributed by atoms with Gasteiger partial charge in [-0.3, -0.25) is 4.18 Å². The maximum Gasteiger partial charge on any atom is 0.264 e. The molecule has 1 aliphatic carbocycles. The highest BCUT2D eigenvalue weighted by atomic mass is 32.2. The van der Waals surface area contributed by atoms with Crippen LogP contribution in [0.2, 0.25) is 25.2 Å². The van der Waals surface area contributed by atoms with Gasteiger partial charge in [0.2, 0.25) is 0 Å². The molecule has 1 aliphatic rings. The van der Waals surface area contributed by atoms with E-state index in [2.05, 4.69) is 43.9 Å². The summed E-state index contributed by atoms with van der Waals surface area (Å²) in [5, 5.41) is 0. The molecule has 2 rings (SSSR count). The van der Waals surface area contributed by atoms with Gasteiger partial charge in [0.25, 0.3) is 10.1 Å². The lowest BCUT2D eigenvalue weighted by Gasteiger charge is -2.23. The molecule has 124 valence electrons. The van der Waals surface area contributed by atoms with Crippen molar-refractivity contribution in [3.63, 3.8) is 0 Å². The van der Waals surface area contributed by atoms with E-state index >= 15 is 0 Å². The summed E-state index contributed by atoms with van der Waals surface area (Å²) in [4.78, 5) is 0. The molecule has 0 aromatic heterocycles. The van der Waals surface area contributed by atoms with Crippen LogP contribution in [0.25, 0.3) is 0 Å². The summed E-state index contributed by atoms with van der Waals surface area (Å²) >= 11 is 0. The Morgan fingerprint density at radius 2 is 1.82 bits per heavy atom. The molecule has 0 N–H and O–H groups in total. The fraction of sp³-hybridized carbons (Fsp3) is 0.647. The molecule has 2 unspecified atom stereocenters. The molecule has 0 aliphatic heterocycles. The van der Waals surface area contributed by atoms with Crippen LogP contribution in [0.3, 0.4) is 0 Å². The van der Waals surface area contributed by atoms with E-state index < -0.39 is 23.8 Å². The van der Waals surface area contributed by atoms with E-state index in [0.29, 0.717) is 5.54 Å². The second kappa shape index (κ2) is 6.46. The van der Waals surface area contributed by atoms with Gasteiger partial charge in [0.05, 0.1) is 19.9 Å². The topological polar surface area (TPSA) is 43.4 Å². The minimum absolute atomic E-state index is 0.394. The molecule has 0 bridgehead atoms. The minimum atomic E-state index is -3.38. The first-order valence-corrected chi connectivity index (χ1v) is 13.5. The number of hydrogen-bond donors (Lipinski definition) is 0. The van der Waals surface area contributed by atoms with Gasteiger partial charge in [-0.1, -0.05) is 56.4 Å².